The number of ether oxygens (including phenoxy) is 1. The van der Waals surface area contributed by atoms with Crippen molar-refractivity contribution in [1.29, 1.82) is 0 Å². The first kappa shape index (κ1) is 16.9. The summed E-state index contributed by atoms with van der Waals surface area (Å²) in [6.45, 7) is 1.89. The summed E-state index contributed by atoms with van der Waals surface area (Å²) in [4.78, 5) is 6.56. The molecule has 4 heteroatoms. The fourth-order valence-corrected chi connectivity index (χ4v) is 3.90. The van der Waals surface area contributed by atoms with Crippen LogP contribution in [0.3, 0.4) is 0 Å². The zero-order chi connectivity index (χ0) is 17.9. The van der Waals surface area contributed by atoms with E-state index in [-0.39, 0.29) is 5.92 Å². The van der Waals surface area contributed by atoms with E-state index in [2.05, 4.69) is 52.3 Å². The van der Waals surface area contributed by atoms with Crippen molar-refractivity contribution in [3.05, 3.63) is 66.5 Å². The summed E-state index contributed by atoms with van der Waals surface area (Å²) in [7, 11) is 1.63. The maximum Gasteiger partial charge on any atom is 0.127 e. The van der Waals surface area contributed by atoms with Crippen molar-refractivity contribution in [2.75, 3.05) is 25.1 Å². The number of fused-ring (bicyclic) bond motifs is 1. The Morgan fingerprint density at radius 1 is 1.08 bits per heavy atom. The molecular weight excluding hydrogens is 324 g/mol. The smallest absolute Gasteiger partial charge is 0.127 e. The molecule has 3 aromatic rings. The van der Waals surface area contributed by atoms with E-state index in [0.717, 1.165) is 31.5 Å². The van der Waals surface area contributed by atoms with Crippen LogP contribution in [0.15, 0.2) is 60.9 Å². The topological polar surface area (TPSA) is 45.6 Å². The van der Waals surface area contributed by atoms with E-state index in [1.54, 1.807) is 19.5 Å². The van der Waals surface area contributed by atoms with Gasteiger partial charge in [-0.25, -0.2) is 0 Å². The molecule has 1 N–H and O–H groups in total. The van der Waals surface area contributed by atoms with Crippen LogP contribution in [0.2, 0.25) is 0 Å². The third-order valence-electron chi connectivity index (χ3n) is 5.43. The minimum Gasteiger partial charge on any atom is -0.496 e. The molecule has 4 rings (SSSR count). The highest BCUT2D eigenvalue weighted by molar-refractivity contribution is 5.85. The molecule has 4 nitrogen and oxygen atoms in total. The van der Waals surface area contributed by atoms with Gasteiger partial charge < -0.3 is 14.7 Å². The second kappa shape index (κ2) is 7.34. The number of aliphatic hydroxyl groups excluding tert-OH is 1. The summed E-state index contributed by atoms with van der Waals surface area (Å²) in [5, 5.41) is 13.4. The predicted octanol–water partition coefficient (Wildman–Crippen LogP) is 4.19. The molecule has 134 valence electrons. The molecule has 0 spiro atoms. The SMILES string of the molecule is COc1ccncc1C(O)C1CCN(c2ccc3ccccc3c2)CC1. The van der Waals surface area contributed by atoms with Crippen molar-refractivity contribution < 1.29 is 9.84 Å². The highest BCUT2D eigenvalue weighted by Gasteiger charge is 2.28. The van der Waals surface area contributed by atoms with Crippen molar-refractivity contribution in [1.82, 2.24) is 4.98 Å². The van der Waals surface area contributed by atoms with Gasteiger partial charge in [0.25, 0.3) is 0 Å². The Kier molecular flexibility index (Phi) is 4.76. The third kappa shape index (κ3) is 3.25. The molecule has 0 saturated carbocycles. The van der Waals surface area contributed by atoms with Crippen molar-refractivity contribution >= 4 is 16.5 Å². The molecule has 1 aliphatic rings. The van der Waals surface area contributed by atoms with Gasteiger partial charge in [-0.2, -0.15) is 0 Å². The molecule has 1 aliphatic heterocycles. The van der Waals surface area contributed by atoms with E-state index in [0.29, 0.717) is 5.75 Å². The number of rotatable bonds is 4. The summed E-state index contributed by atoms with van der Waals surface area (Å²) < 4.78 is 5.38. The van der Waals surface area contributed by atoms with Gasteiger partial charge in [0.05, 0.1) is 13.2 Å². The molecule has 26 heavy (non-hydrogen) atoms. The van der Waals surface area contributed by atoms with Gasteiger partial charge in [0.2, 0.25) is 0 Å². The van der Waals surface area contributed by atoms with Gasteiger partial charge in [0.1, 0.15) is 5.75 Å². The maximum atomic E-state index is 10.8. The van der Waals surface area contributed by atoms with Gasteiger partial charge in [0.15, 0.2) is 0 Å². The van der Waals surface area contributed by atoms with Gasteiger partial charge in [-0.1, -0.05) is 30.3 Å². The van der Waals surface area contributed by atoms with Crippen LogP contribution in [-0.2, 0) is 0 Å². The Morgan fingerprint density at radius 2 is 1.85 bits per heavy atom. The van der Waals surface area contributed by atoms with Crippen molar-refractivity contribution in [2.45, 2.75) is 18.9 Å². The first-order valence-electron chi connectivity index (χ1n) is 9.16. The van der Waals surface area contributed by atoms with E-state index in [9.17, 15) is 5.11 Å². The first-order valence-corrected chi connectivity index (χ1v) is 9.16. The molecule has 0 amide bonds. The molecule has 1 unspecified atom stereocenters. The van der Waals surface area contributed by atoms with Crippen LogP contribution in [0.1, 0.15) is 24.5 Å². The summed E-state index contributed by atoms with van der Waals surface area (Å²) in [6, 6.07) is 16.9. The van der Waals surface area contributed by atoms with Gasteiger partial charge in [-0.05, 0) is 47.7 Å². The van der Waals surface area contributed by atoms with Crippen molar-refractivity contribution in [2.24, 2.45) is 5.92 Å². The third-order valence-corrected chi connectivity index (χ3v) is 5.43. The molecule has 1 atom stereocenters. The van der Waals surface area contributed by atoms with Gasteiger partial charge >= 0.3 is 0 Å². The van der Waals surface area contributed by atoms with Crippen LogP contribution < -0.4 is 9.64 Å². The number of anilines is 1. The van der Waals surface area contributed by atoms with E-state index in [4.69, 9.17) is 4.74 Å². The Labute approximate surface area is 154 Å². The molecule has 0 radical (unpaired) electrons. The van der Waals surface area contributed by atoms with E-state index in [1.165, 1.54) is 16.5 Å². The molecule has 1 saturated heterocycles. The van der Waals surface area contributed by atoms with Crippen molar-refractivity contribution in [3.8, 4) is 5.75 Å². The van der Waals surface area contributed by atoms with E-state index < -0.39 is 6.10 Å². The molecule has 0 bridgehead atoms. The lowest BCUT2D eigenvalue weighted by Crippen LogP contribution is -2.35. The van der Waals surface area contributed by atoms with Crippen LogP contribution in [0.25, 0.3) is 10.8 Å². The Bertz CT molecular complexity index is 888. The van der Waals surface area contributed by atoms with E-state index in [1.807, 2.05) is 6.07 Å². The average molecular weight is 348 g/mol. The van der Waals surface area contributed by atoms with E-state index >= 15 is 0 Å². The number of piperidine rings is 1. The second-order valence-corrected chi connectivity index (χ2v) is 6.92. The Hall–Kier alpha value is -2.59. The maximum absolute atomic E-state index is 10.8. The Morgan fingerprint density at radius 3 is 2.62 bits per heavy atom. The number of nitrogens with zero attached hydrogens (tertiary/aromatic N) is 2. The lowest BCUT2D eigenvalue weighted by atomic mass is 9.87. The standard InChI is InChI=1S/C22H24N2O2/c1-26-21-8-11-23-15-20(21)22(25)17-9-12-24(13-10-17)19-7-6-16-4-2-3-5-18(16)14-19/h2-8,11,14-15,17,22,25H,9-10,12-13H2,1H3. The molecule has 1 fully saturated rings. The number of methoxy groups -OCH3 is 1. The molecule has 2 heterocycles. The van der Waals surface area contributed by atoms with Crippen LogP contribution in [-0.4, -0.2) is 30.3 Å². The lowest BCUT2D eigenvalue weighted by molar-refractivity contribution is 0.0901. The monoisotopic (exact) mass is 348 g/mol. The highest BCUT2D eigenvalue weighted by Crippen LogP contribution is 2.36. The average Bonchev–Trinajstić information content (AvgIpc) is 2.73. The number of hydrogen-bond donors (Lipinski definition) is 1. The number of hydrogen-bond acceptors (Lipinski definition) is 4. The minimum absolute atomic E-state index is 0.227. The molecule has 0 aliphatic carbocycles. The quantitative estimate of drug-likeness (QED) is 0.768. The number of pyridine rings is 1. The predicted molar refractivity (Wildman–Crippen MR) is 105 cm³/mol. The van der Waals surface area contributed by atoms with Crippen LogP contribution in [0.5, 0.6) is 5.75 Å². The molecule has 2 aromatic carbocycles. The summed E-state index contributed by atoms with van der Waals surface area (Å²) in [6.07, 6.45) is 4.78. The molecule has 1 aromatic heterocycles. The Balaban J connectivity index is 1.46. The normalized spacial score (nSPS) is 16.6. The number of aliphatic hydroxyl groups is 1. The van der Waals surface area contributed by atoms with Crippen LogP contribution in [0, 0.1) is 5.92 Å². The minimum atomic E-state index is -0.530. The molecular formula is C22H24N2O2. The lowest BCUT2D eigenvalue weighted by Gasteiger charge is -2.36. The fourth-order valence-electron chi connectivity index (χ4n) is 3.90. The van der Waals surface area contributed by atoms with Crippen LogP contribution in [0.4, 0.5) is 5.69 Å². The zero-order valence-corrected chi connectivity index (χ0v) is 15.0. The van der Waals surface area contributed by atoms with Gasteiger partial charge in [0, 0.05) is 36.7 Å². The fraction of sp³-hybridized carbons (Fsp3) is 0.318. The van der Waals surface area contributed by atoms with Crippen LogP contribution >= 0.6 is 0 Å². The highest BCUT2D eigenvalue weighted by atomic mass is 16.5. The first-order chi connectivity index (χ1) is 12.8. The van der Waals surface area contributed by atoms with Gasteiger partial charge in [-0.3, -0.25) is 4.98 Å². The van der Waals surface area contributed by atoms with Gasteiger partial charge in [-0.15, -0.1) is 0 Å². The number of benzene rings is 2. The zero-order valence-electron chi connectivity index (χ0n) is 15.0. The van der Waals surface area contributed by atoms with Crippen molar-refractivity contribution in [3.63, 3.8) is 0 Å². The largest absolute Gasteiger partial charge is 0.496 e. The second-order valence-electron chi connectivity index (χ2n) is 6.92. The summed E-state index contributed by atoms with van der Waals surface area (Å²) >= 11 is 0. The summed E-state index contributed by atoms with van der Waals surface area (Å²) in [5.41, 5.74) is 2.05. The number of aromatic nitrogens is 1. The summed E-state index contributed by atoms with van der Waals surface area (Å²) in [5.74, 6) is 0.939.